The summed E-state index contributed by atoms with van der Waals surface area (Å²) in [4.78, 5) is 29.9. The third kappa shape index (κ3) is 5.79. The maximum absolute atomic E-state index is 14.1. The molecule has 1 aliphatic rings. The van der Waals surface area contributed by atoms with Crippen LogP contribution in [0.5, 0.6) is 0 Å². The number of aliphatic hydroxyl groups is 1. The number of hydrogen-bond acceptors (Lipinski definition) is 3. The van der Waals surface area contributed by atoms with Crippen molar-refractivity contribution < 1.29 is 14.7 Å². The van der Waals surface area contributed by atoms with Crippen LogP contribution in [0.2, 0.25) is 0 Å². The van der Waals surface area contributed by atoms with Gasteiger partial charge in [0.2, 0.25) is 5.91 Å². The van der Waals surface area contributed by atoms with Crippen molar-refractivity contribution in [2.45, 2.75) is 37.8 Å². The monoisotopic (exact) mass is 518 g/mol. The summed E-state index contributed by atoms with van der Waals surface area (Å²) in [7, 11) is 0. The molecule has 5 heteroatoms. The van der Waals surface area contributed by atoms with Crippen molar-refractivity contribution in [2.75, 3.05) is 13.2 Å². The summed E-state index contributed by atoms with van der Waals surface area (Å²) in [6, 6.07) is 34.3. The standard InChI is InChI=1S/C34H34N2O3/c1-24-16-18-27(19-17-24)32-31(33(38)35-21-20-25-10-4-2-5-11-25)29-14-8-9-15-30(29)34(39)36(32)28(23-37)22-26-12-6-3-7-13-26/h2-19,28,31-32,37H,20-23H2,1H3,(H,35,38)/t28-,31-,32+/m0/s1. The minimum atomic E-state index is -0.623. The Bertz CT molecular complexity index is 1400. The van der Waals surface area contributed by atoms with Gasteiger partial charge in [-0.1, -0.05) is 109 Å². The molecule has 0 aliphatic carbocycles. The van der Waals surface area contributed by atoms with Crippen molar-refractivity contribution in [1.29, 1.82) is 0 Å². The van der Waals surface area contributed by atoms with E-state index in [2.05, 4.69) is 5.32 Å². The zero-order valence-corrected chi connectivity index (χ0v) is 22.2. The van der Waals surface area contributed by atoms with E-state index < -0.39 is 18.0 Å². The number of fused-ring (bicyclic) bond motifs is 1. The zero-order valence-electron chi connectivity index (χ0n) is 22.2. The summed E-state index contributed by atoms with van der Waals surface area (Å²) < 4.78 is 0. The van der Waals surface area contributed by atoms with Gasteiger partial charge < -0.3 is 15.3 Å². The Labute approximate surface area is 230 Å². The first-order valence-electron chi connectivity index (χ1n) is 13.5. The minimum Gasteiger partial charge on any atom is -0.394 e. The van der Waals surface area contributed by atoms with Crippen molar-refractivity contribution in [3.8, 4) is 0 Å². The van der Waals surface area contributed by atoms with E-state index in [-0.39, 0.29) is 18.4 Å². The Morgan fingerprint density at radius 2 is 1.46 bits per heavy atom. The van der Waals surface area contributed by atoms with Crippen molar-refractivity contribution >= 4 is 11.8 Å². The number of nitrogens with one attached hydrogen (secondary N) is 1. The number of benzene rings is 4. The van der Waals surface area contributed by atoms with E-state index in [1.807, 2.05) is 110 Å². The fourth-order valence-corrected chi connectivity index (χ4v) is 5.58. The first-order chi connectivity index (χ1) is 19.1. The second kappa shape index (κ2) is 12.1. The predicted molar refractivity (Wildman–Crippen MR) is 153 cm³/mol. The maximum atomic E-state index is 14.1. The molecule has 0 unspecified atom stereocenters. The largest absolute Gasteiger partial charge is 0.394 e. The van der Waals surface area contributed by atoms with Crippen molar-refractivity contribution in [2.24, 2.45) is 0 Å². The highest BCUT2D eigenvalue weighted by Gasteiger charge is 2.46. The van der Waals surface area contributed by atoms with E-state index in [4.69, 9.17) is 0 Å². The van der Waals surface area contributed by atoms with Crippen LogP contribution >= 0.6 is 0 Å². The van der Waals surface area contributed by atoms with Crippen LogP contribution in [-0.4, -0.2) is 41.0 Å². The number of carbonyl (C=O) groups is 2. The molecule has 39 heavy (non-hydrogen) atoms. The smallest absolute Gasteiger partial charge is 0.255 e. The third-order valence-electron chi connectivity index (χ3n) is 7.55. The molecule has 5 rings (SSSR count). The van der Waals surface area contributed by atoms with E-state index in [1.165, 1.54) is 0 Å². The molecular formula is C34H34N2O3. The second-order valence-electron chi connectivity index (χ2n) is 10.2. The fraction of sp³-hybridized carbons (Fsp3) is 0.235. The molecule has 5 nitrogen and oxygen atoms in total. The molecule has 4 aromatic carbocycles. The van der Waals surface area contributed by atoms with Gasteiger partial charge in [0.05, 0.1) is 24.6 Å². The summed E-state index contributed by atoms with van der Waals surface area (Å²) in [6.45, 7) is 2.29. The Hall–Kier alpha value is -4.22. The second-order valence-corrected chi connectivity index (χ2v) is 10.2. The molecule has 4 aromatic rings. The Balaban J connectivity index is 1.55. The molecule has 0 saturated heterocycles. The van der Waals surface area contributed by atoms with E-state index in [0.29, 0.717) is 24.9 Å². The molecule has 1 heterocycles. The molecule has 0 bridgehead atoms. The van der Waals surface area contributed by atoms with Crippen LogP contribution < -0.4 is 5.32 Å². The molecular weight excluding hydrogens is 484 g/mol. The van der Waals surface area contributed by atoms with Gasteiger partial charge in [-0.15, -0.1) is 0 Å². The summed E-state index contributed by atoms with van der Waals surface area (Å²) in [5.41, 5.74) is 5.37. The maximum Gasteiger partial charge on any atom is 0.255 e. The summed E-state index contributed by atoms with van der Waals surface area (Å²) in [6.07, 6.45) is 1.20. The number of hydrogen-bond donors (Lipinski definition) is 2. The first-order valence-corrected chi connectivity index (χ1v) is 13.5. The zero-order chi connectivity index (χ0) is 27.2. The molecule has 0 radical (unpaired) electrons. The van der Waals surface area contributed by atoms with Gasteiger partial charge in [0.15, 0.2) is 0 Å². The Morgan fingerprint density at radius 1 is 0.846 bits per heavy atom. The lowest BCUT2D eigenvalue weighted by Gasteiger charge is -2.45. The number of amides is 2. The summed E-state index contributed by atoms with van der Waals surface area (Å²) >= 11 is 0. The van der Waals surface area contributed by atoms with Crippen molar-refractivity contribution in [3.05, 3.63) is 143 Å². The SMILES string of the molecule is Cc1ccc([C@@H]2[C@@H](C(=O)NCCc3ccccc3)c3ccccc3C(=O)N2[C@H](CO)Cc2ccccc2)cc1. The minimum absolute atomic E-state index is 0.127. The van der Waals surface area contributed by atoms with E-state index >= 15 is 0 Å². The van der Waals surface area contributed by atoms with Crippen LogP contribution in [0.3, 0.4) is 0 Å². The third-order valence-corrected chi connectivity index (χ3v) is 7.55. The lowest BCUT2D eigenvalue weighted by Crippen LogP contribution is -2.53. The number of rotatable bonds is 9. The van der Waals surface area contributed by atoms with E-state index in [0.717, 1.165) is 27.8 Å². The van der Waals surface area contributed by atoms with Crippen LogP contribution in [0.1, 0.15) is 50.1 Å². The Morgan fingerprint density at radius 3 is 2.13 bits per heavy atom. The van der Waals surface area contributed by atoms with Gasteiger partial charge in [-0.2, -0.15) is 0 Å². The predicted octanol–water partition coefficient (Wildman–Crippen LogP) is 5.24. The summed E-state index contributed by atoms with van der Waals surface area (Å²) in [5.74, 6) is -0.917. The highest BCUT2D eigenvalue weighted by Crippen LogP contribution is 2.44. The van der Waals surface area contributed by atoms with Gasteiger partial charge in [0.25, 0.3) is 5.91 Å². The van der Waals surface area contributed by atoms with Crippen LogP contribution in [0, 0.1) is 6.92 Å². The molecule has 3 atom stereocenters. The fourth-order valence-electron chi connectivity index (χ4n) is 5.58. The van der Waals surface area contributed by atoms with Crippen LogP contribution in [-0.2, 0) is 17.6 Å². The van der Waals surface area contributed by atoms with Gasteiger partial charge in [-0.3, -0.25) is 9.59 Å². The lowest BCUT2D eigenvalue weighted by molar-refractivity contribution is -0.124. The molecule has 0 saturated carbocycles. The van der Waals surface area contributed by atoms with E-state index in [1.54, 1.807) is 11.0 Å². The Kier molecular flexibility index (Phi) is 8.18. The van der Waals surface area contributed by atoms with Crippen LogP contribution in [0.25, 0.3) is 0 Å². The topological polar surface area (TPSA) is 69.6 Å². The van der Waals surface area contributed by atoms with E-state index in [9.17, 15) is 14.7 Å². The highest BCUT2D eigenvalue weighted by molar-refractivity contribution is 6.01. The number of aryl methyl sites for hydroxylation is 1. The first kappa shape index (κ1) is 26.4. The van der Waals surface area contributed by atoms with Crippen LogP contribution in [0.15, 0.2) is 109 Å². The highest BCUT2D eigenvalue weighted by atomic mass is 16.3. The molecule has 198 valence electrons. The number of nitrogens with zero attached hydrogens (tertiary/aromatic N) is 1. The normalized spacial score (nSPS) is 17.4. The average Bonchev–Trinajstić information content (AvgIpc) is 2.97. The van der Waals surface area contributed by atoms with Crippen molar-refractivity contribution in [1.82, 2.24) is 10.2 Å². The molecule has 0 aromatic heterocycles. The summed E-state index contributed by atoms with van der Waals surface area (Å²) in [5, 5.41) is 13.8. The van der Waals surface area contributed by atoms with Crippen LogP contribution in [0.4, 0.5) is 0 Å². The average molecular weight is 519 g/mol. The van der Waals surface area contributed by atoms with Gasteiger partial charge >= 0.3 is 0 Å². The molecule has 0 spiro atoms. The van der Waals surface area contributed by atoms with Gasteiger partial charge in [-0.25, -0.2) is 0 Å². The van der Waals surface area contributed by atoms with Gasteiger partial charge in [0.1, 0.15) is 0 Å². The van der Waals surface area contributed by atoms with Crippen molar-refractivity contribution in [3.63, 3.8) is 0 Å². The van der Waals surface area contributed by atoms with Gasteiger partial charge in [-0.05, 0) is 48.1 Å². The molecule has 2 amide bonds. The molecule has 1 aliphatic heterocycles. The number of aliphatic hydroxyl groups excluding tert-OH is 1. The number of carbonyl (C=O) groups excluding carboxylic acids is 2. The quantitative estimate of drug-likeness (QED) is 0.319. The molecule has 2 N–H and O–H groups in total. The molecule has 0 fully saturated rings. The lowest BCUT2D eigenvalue weighted by atomic mass is 9.78. The van der Waals surface area contributed by atoms with Gasteiger partial charge in [0, 0.05) is 12.1 Å².